The lowest BCUT2D eigenvalue weighted by atomic mass is 10.00. The van der Waals surface area contributed by atoms with Crippen LogP contribution in [0, 0.1) is 6.92 Å². The largest absolute Gasteiger partial charge is 0.459 e. The van der Waals surface area contributed by atoms with Crippen molar-refractivity contribution >= 4 is 0 Å². The predicted molar refractivity (Wildman–Crippen MR) is 145 cm³/mol. The molecular weight excluding hydrogens is 476 g/mol. The van der Waals surface area contributed by atoms with Gasteiger partial charge in [-0.2, -0.15) is 0 Å². The number of aryl methyl sites for hydroxylation is 1. The van der Waals surface area contributed by atoms with Crippen LogP contribution in [0.4, 0.5) is 0 Å². The second-order valence-corrected chi connectivity index (χ2v) is 9.49. The number of ether oxygens (including phenoxy) is 4. The van der Waals surface area contributed by atoms with Crippen LogP contribution in [-0.2, 0) is 34.0 Å². The van der Waals surface area contributed by atoms with E-state index >= 15 is 0 Å². The molecule has 1 aliphatic heterocycles. The first-order valence-electron chi connectivity index (χ1n) is 13.2. The lowest BCUT2D eigenvalue weighted by molar-refractivity contribution is -0.0795. The number of nitrogens with zero attached hydrogens (tertiary/aromatic N) is 2. The maximum atomic E-state index is 6.58. The molecule has 1 saturated heterocycles. The number of benzene rings is 3. The standard InChI is InChI=1S/C32H34N2O4/c1-3-28-30(35-20-24-13-7-4-8-14-24)31(36-21-25-15-9-5-10-16-25)29(38-28)27-19-33-32(34-23(27)2)37-22-26-17-11-6-12-18-26/h4-19,28-31H,3,20-22H2,1-2H3/t28-,29+,30?,31-/m1/s1. The van der Waals surface area contributed by atoms with E-state index in [0.717, 1.165) is 34.4 Å². The topological polar surface area (TPSA) is 62.7 Å². The molecule has 196 valence electrons. The highest BCUT2D eigenvalue weighted by molar-refractivity contribution is 5.25. The van der Waals surface area contributed by atoms with Crippen LogP contribution in [0.5, 0.6) is 6.01 Å². The van der Waals surface area contributed by atoms with E-state index in [2.05, 4.69) is 41.2 Å². The first-order chi connectivity index (χ1) is 18.7. The zero-order chi connectivity index (χ0) is 26.2. The molecule has 4 atom stereocenters. The first-order valence-corrected chi connectivity index (χ1v) is 13.2. The van der Waals surface area contributed by atoms with Gasteiger partial charge in [0.1, 0.15) is 24.9 Å². The third-order valence-corrected chi connectivity index (χ3v) is 6.80. The number of aromatic nitrogens is 2. The summed E-state index contributed by atoms with van der Waals surface area (Å²) in [5.41, 5.74) is 4.98. The van der Waals surface area contributed by atoms with E-state index in [1.165, 1.54) is 0 Å². The van der Waals surface area contributed by atoms with Crippen molar-refractivity contribution < 1.29 is 18.9 Å². The van der Waals surface area contributed by atoms with E-state index in [9.17, 15) is 0 Å². The second-order valence-electron chi connectivity index (χ2n) is 9.49. The van der Waals surface area contributed by atoms with Gasteiger partial charge in [-0.05, 0) is 30.0 Å². The SMILES string of the molecule is CC[C@H]1O[C@@H](c2cnc(OCc3ccccc3)nc2C)[C@@H](OCc2ccccc2)C1OCc1ccccc1. The molecule has 6 heteroatoms. The van der Waals surface area contributed by atoms with Crippen LogP contribution in [0.1, 0.15) is 47.4 Å². The van der Waals surface area contributed by atoms with Crippen LogP contribution in [0.15, 0.2) is 97.2 Å². The molecule has 0 amide bonds. The first kappa shape index (κ1) is 26.0. The molecule has 0 saturated carbocycles. The highest BCUT2D eigenvalue weighted by atomic mass is 16.6. The minimum Gasteiger partial charge on any atom is -0.459 e. The molecule has 0 spiro atoms. The summed E-state index contributed by atoms with van der Waals surface area (Å²) < 4.78 is 25.5. The molecule has 1 aliphatic rings. The minimum atomic E-state index is -0.354. The third-order valence-electron chi connectivity index (χ3n) is 6.80. The van der Waals surface area contributed by atoms with Crippen LogP contribution in [0.25, 0.3) is 0 Å². The minimum absolute atomic E-state index is 0.113. The maximum absolute atomic E-state index is 6.58. The predicted octanol–water partition coefficient (Wildman–Crippen LogP) is 6.38. The van der Waals surface area contributed by atoms with Crippen molar-refractivity contribution in [1.82, 2.24) is 9.97 Å². The normalized spacial score (nSPS) is 20.9. The lowest BCUT2D eigenvalue weighted by Crippen LogP contribution is -2.35. The van der Waals surface area contributed by atoms with Crippen molar-refractivity contribution in [3.63, 3.8) is 0 Å². The Morgan fingerprint density at radius 2 is 1.24 bits per heavy atom. The summed E-state index contributed by atoms with van der Waals surface area (Å²) in [5, 5.41) is 0. The van der Waals surface area contributed by atoms with Crippen molar-refractivity contribution in [1.29, 1.82) is 0 Å². The van der Waals surface area contributed by atoms with E-state index in [1.54, 1.807) is 6.20 Å². The fourth-order valence-corrected chi connectivity index (χ4v) is 4.75. The molecular formula is C32H34N2O4. The van der Waals surface area contributed by atoms with Crippen molar-refractivity contribution in [2.45, 2.75) is 64.5 Å². The van der Waals surface area contributed by atoms with E-state index in [-0.39, 0.29) is 24.4 Å². The Balaban J connectivity index is 1.35. The van der Waals surface area contributed by atoms with Gasteiger partial charge in [0.2, 0.25) is 0 Å². The molecule has 5 rings (SSSR count). The van der Waals surface area contributed by atoms with Crippen LogP contribution in [-0.4, -0.2) is 28.3 Å². The molecule has 4 aromatic rings. The molecule has 1 aromatic heterocycles. The van der Waals surface area contributed by atoms with Crippen molar-refractivity contribution in [3.8, 4) is 6.01 Å². The summed E-state index contributed by atoms with van der Waals surface area (Å²) in [6, 6.07) is 30.7. The molecule has 0 radical (unpaired) electrons. The van der Waals surface area contributed by atoms with Crippen LogP contribution >= 0.6 is 0 Å². The van der Waals surface area contributed by atoms with Crippen LogP contribution < -0.4 is 4.74 Å². The van der Waals surface area contributed by atoms with Gasteiger partial charge in [0.15, 0.2) is 0 Å². The van der Waals surface area contributed by atoms with E-state index in [1.807, 2.05) is 73.7 Å². The third kappa shape index (κ3) is 6.45. The number of rotatable bonds is 11. The monoisotopic (exact) mass is 510 g/mol. The molecule has 1 unspecified atom stereocenters. The van der Waals surface area contributed by atoms with Gasteiger partial charge in [-0.3, -0.25) is 0 Å². The van der Waals surface area contributed by atoms with Gasteiger partial charge in [0.05, 0.1) is 25.0 Å². The fourth-order valence-electron chi connectivity index (χ4n) is 4.75. The Bertz CT molecular complexity index is 1270. The summed E-state index contributed by atoms with van der Waals surface area (Å²) in [6.07, 6.45) is 1.59. The van der Waals surface area contributed by atoms with Crippen molar-refractivity contribution in [2.24, 2.45) is 0 Å². The molecule has 38 heavy (non-hydrogen) atoms. The van der Waals surface area contributed by atoms with Crippen LogP contribution in [0.2, 0.25) is 0 Å². The Morgan fingerprint density at radius 1 is 0.711 bits per heavy atom. The molecule has 6 nitrogen and oxygen atoms in total. The zero-order valence-electron chi connectivity index (χ0n) is 21.9. The molecule has 0 aliphatic carbocycles. The highest BCUT2D eigenvalue weighted by Gasteiger charge is 2.47. The van der Waals surface area contributed by atoms with Gasteiger partial charge in [-0.25, -0.2) is 9.97 Å². The average Bonchev–Trinajstić information content (AvgIpc) is 3.32. The zero-order valence-corrected chi connectivity index (χ0v) is 21.9. The van der Waals surface area contributed by atoms with Gasteiger partial charge in [-0.1, -0.05) is 97.9 Å². The quantitative estimate of drug-likeness (QED) is 0.233. The Hall–Kier alpha value is -3.58. The second kappa shape index (κ2) is 12.8. The average molecular weight is 511 g/mol. The summed E-state index contributed by atoms with van der Waals surface area (Å²) in [5.74, 6) is 0. The Kier molecular flexibility index (Phi) is 8.76. The van der Waals surface area contributed by atoms with E-state index in [0.29, 0.717) is 25.8 Å². The van der Waals surface area contributed by atoms with E-state index in [4.69, 9.17) is 18.9 Å². The van der Waals surface area contributed by atoms with Gasteiger partial charge in [0.25, 0.3) is 0 Å². The molecule has 0 bridgehead atoms. The highest BCUT2D eigenvalue weighted by Crippen LogP contribution is 2.40. The summed E-state index contributed by atoms with van der Waals surface area (Å²) in [4.78, 5) is 9.16. The number of hydrogen-bond donors (Lipinski definition) is 0. The molecule has 0 N–H and O–H groups in total. The molecule has 1 fully saturated rings. The lowest BCUT2D eigenvalue weighted by Gasteiger charge is -2.25. The molecule has 3 aromatic carbocycles. The van der Waals surface area contributed by atoms with Crippen LogP contribution in [0.3, 0.4) is 0 Å². The summed E-state index contributed by atoms with van der Waals surface area (Å²) in [6.45, 7) is 5.44. The Morgan fingerprint density at radius 3 is 1.76 bits per heavy atom. The maximum Gasteiger partial charge on any atom is 0.316 e. The molecule has 2 heterocycles. The fraction of sp³-hybridized carbons (Fsp3) is 0.312. The van der Waals surface area contributed by atoms with Gasteiger partial charge < -0.3 is 18.9 Å². The van der Waals surface area contributed by atoms with E-state index < -0.39 is 0 Å². The van der Waals surface area contributed by atoms with Crippen molar-refractivity contribution in [3.05, 3.63) is 125 Å². The number of hydrogen-bond acceptors (Lipinski definition) is 6. The smallest absolute Gasteiger partial charge is 0.316 e. The van der Waals surface area contributed by atoms with Gasteiger partial charge in [0, 0.05) is 11.8 Å². The summed E-state index contributed by atoms with van der Waals surface area (Å²) in [7, 11) is 0. The van der Waals surface area contributed by atoms with Gasteiger partial charge in [-0.15, -0.1) is 0 Å². The van der Waals surface area contributed by atoms with Gasteiger partial charge >= 0.3 is 6.01 Å². The summed E-state index contributed by atoms with van der Waals surface area (Å²) >= 11 is 0. The van der Waals surface area contributed by atoms with Crippen molar-refractivity contribution in [2.75, 3.05) is 0 Å². The Labute approximate surface area is 224 Å².